The second kappa shape index (κ2) is 3.02. The number of quaternary nitrogens is 1. The lowest BCUT2D eigenvalue weighted by Crippen LogP contribution is -2.73. The Labute approximate surface area is 51.1 Å². The van der Waals surface area contributed by atoms with Crippen LogP contribution in [0.4, 0.5) is 0 Å². The molecule has 0 aliphatic heterocycles. The summed E-state index contributed by atoms with van der Waals surface area (Å²) in [7, 11) is 8.05. The van der Waals surface area contributed by atoms with Crippen molar-refractivity contribution in [3.63, 3.8) is 0 Å². The zero-order valence-corrected chi connectivity index (χ0v) is 6.18. The molecule has 0 radical (unpaired) electrons. The van der Waals surface area contributed by atoms with Crippen LogP contribution in [-0.4, -0.2) is 44.3 Å². The molecule has 0 aromatic rings. The topological polar surface area (TPSA) is 34.1 Å². The van der Waals surface area contributed by atoms with Gasteiger partial charge in [-0.05, 0) is 28.2 Å². The Kier molecular flexibility index (Phi) is 2.97. The van der Waals surface area contributed by atoms with Crippen LogP contribution in [0.3, 0.4) is 0 Å². The van der Waals surface area contributed by atoms with Gasteiger partial charge in [0, 0.05) is 0 Å². The van der Waals surface area contributed by atoms with Crippen LogP contribution >= 0.6 is 0 Å². The van der Waals surface area contributed by atoms with Gasteiger partial charge in [-0.2, -0.15) is 0 Å². The summed E-state index contributed by atoms with van der Waals surface area (Å²) in [5.74, 6) is 0. The van der Waals surface area contributed by atoms with E-state index in [2.05, 4.69) is 15.5 Å². The molecule has 0 spiro atoms. The lowest BCUT2D eigenvalue weighted by Gasteiger charge is -2.21. The average Bonchev–Trinajstić information content (AvgIpc) is 1.64. The Bertz CT molecular complexity index is 52.7. The number of hydrogen-bond acceptors (Lipinski definition) is 2. The largest absolute Gasteiger partial charge is 0.329 e. The van der Waals surface area contributed by atoms with Gasteiger partial charge in [-0.25, -0.2) is 9.80 Å². The van der Waals surface area contributed by atoms with Crippen LogP contribution in [0.15, 0.2) is 0 Å². The molecule has 0 fully saturated rings. The van der Waals surface area contributed by atoms with Crippen molar-refractivity contribution in [1.29, 1.82) is 0 Å². The second-order valence-electron chi connectivity index (χ2n) is 2.41. The maximum Gasteiger partial charge on any atom is 0.199 e. The molecule has 0 saturated carbocycles. The smallest absolute Gasteiger partial charge is 0.199 e. The first-order valence-electron chi connectivity index (χ1n) is 2.71. The average molecular weight is 118 g/mol. The number of hydrogen-bond donors (Lipinski definition) is 1. The summed E-state index contributed by atoms with van der Waals surface area (Å²) in [6, 6.07) is 0. The standard InChI is InChI=1S/C5H15N3/c1-7(2)5(6)8(3)4/h5H,6H2,1-4H3/p+1. The van der Waals surface area contributed by atoms with Gasteiger partial charge in [0.05, 0.1) is 0 Å². The molecule has 50 valence electrons. The molecule has 8 heavy (non-hydrogen) atoms. The fourth-order valence-corrected chi connectivity index (χ4v) is 0.462. The van der Waals surface area contributed by atoms with Crippen LogP contribution in [-0.2, 0) is 0 Å². The van der Waals surface area contributed by atoms with E-state index in [0.717, 1.165) is 0 Å². The molecular weight excluding hydrogens is 102 g/mol. The molecule has 0 heterocycles. The number of nitrogens with zero attached hydrogens (tertiary/aromatic N) is 2. The van der Waals surface area contributed by atoms with Crippen molar-refractivity contribution in [2.24, 2.45) is 0 Å². The molecule has 3 nitrogen and oxygen atoms in total. The van der Waals surface area contributed by atoms with Crippen LogP contribution in [0.2, 0.25) is 0 Å². The Morgan fingerprint density at radius 1 is 1.00 bits per heavy atom. The molecule has 0 aromatic carbocycles. The highest BCUT2D eigenvalue weighted by molar-refractivity contribution is 4.42. The first-order chi connectivity index (χ1) is 3.55. The van der Waals surface area contributed by atoms with E-state index in [1.807, 2.05) is 28.2 Å². The Morgan fingerprint density at radius 3 is 1.25 bits per heavy atom. The minimum Gasteiger partial charge on any atom is -0.329 e. The van der Waals surface area contributed by atoms with Gasteiger partial charge in [0.2, 0.25) is 0 Å². The molecule has 0 aliphatic carbocycles. The van der Waals surface area contributed by atoms with E-state index >= 15 is 0 Å². The van der Waals surface area contributed by atoms with Gasteiger partial charge in [-0.1, -0.05) is 0 Å². The van der Waals surface area contributed by atoms with Crippen molar-refractivity contribution in [2.75, 3.05) is 28.2 Å². The SMILES string of the molecule is CN(C)C([NH3+])N(C)C. The molecule has 3 heteroatoms. The summed E-state index contributed by atoms with van der Waals surface area (Å²) in [5.41, 5.74) is 3.89. The fraction of sp³-hybridized carbons (Fsp3) is 1.00. The van der Waals surface area contributed by atoms with Crippen molar-refractivity contribution in [2.45, 2.75) is 6.29 Å². The lowest BCUT2D eigenvalue weighted by molar-refractivity contribution is -0.487. The molecule has 0 bridgehead atoms. The molecule has 0 rings (SSSR count). The summed E-state index contributed by atoms with van der Waals surface area (Å²) < 4.78 is 0. The zero-order valence-electron chi connectivity index (χ0n) is 6.18. The van der Waals surface area contributed by atoms with E-state index < -0.39 is 0 Å². The van der Waals surface area contributed by atoms with Crippen LogP contribution in [0, 0.1) is 0 Å². The molecule has 0 amide bonds. The van der Waals surface area contributed by atoms with Crippen molar-refractivity contribution >= 4 is 0 Å². The first-order valence-corrected chi connectivity index (χ1v) is 2.71. The summed E-state index contributed by atoms with van der Waals surface area (Å²) in [6.45, 7) is 0. The van der Waals surface area contributed by atoms with E-state index in [-0.39, 0.29) is 6.29 Å². The summed E-state index contributed by atoms with van der Waals surface area (Å²) in [5, 5.41) is 0. The third kappa shape index (κ3) is 2.26. The van der Waals surface area contributed by atoms with Gasteiger partial charge in [-0.15, -0.1) is 0 Å². The highest BCUT2D eigenvalue weighted by Crippen LogP contribution is 1.82. The molecule has 0 saturated heterocycles. The van der Waals surface area contributed by atoms with Crippen LogP contribution < -0.4 is 5.73 Å². The Hall–Kier alpha value is -0.120. The van der Waals surface area contributed by atoms with E-state index in [9.17, 15) is 0 Å². The van der Waals surface area contributed by atoms with Gasteiger partial charge in [0.25, 0.3) is 0 Å². The molecule has 0 aromatic heterocycles. The van der Waals surface area contributed by atoms with E-state index in [1.165, 1.54) is 0 Å². The van der Waals surface area contributed by atoms with E-state index in [4.69, 9.17) is 0 Å². The van der Waals surface area contributed by atoms with Gasteiger partial charge in [0.15, 0.2) is 6.29 Å². The fourth-order valence-electron chi connectivity index (χ4n) is 0.462. The molecule has 0 aliphatic rings. The van der Waals surface area contributed by atoms with Crippen molar-refractivity contribution in [3.8, 4) is 0 Å². The molecule has 3 N–H and O–H groups in total. The van der Waals surface area contributed by atoms with Gasteiger partial charge in [-0.3, -0.25) is 0 Å². The third-order valence-corrected chi connectivity index (χ3v) is 1.19. The monoisotopic (exact) mass is 118 g/mol. The molecule has 0 unspecified atom stereocenters. The normalized spacial score (nSPS) is 12.0. The Balaban J connectivity index is 3.46. The highest BCUT2D eigenvalue weighted by atomic mass is 15.4. The van der Waals surface area contributed by atoms with Crippen LogP contribution in [0.5, 0.6) is 0 Å². The van der Waals surface area contributed by atoms with Crippen LogP contribution in [0.1, 0.15) is 0 Å². The summed E-state index contributed by atoms with van der Waals surface area (Å²) in [4.78, 5) is 4.11. The van der Waals surface area contributed by atoms with Gasteiger partial charge < -0.3 is 5.73 Å². The summed E-state index contributed by atoms with van der Waals surface area (Å²) >= 11 is 0. The molecular formula is C5H16N3+. The second-order valence-corrected chi connectivity index (χ2v) is 2.41. The predicted molar refractivity (Wildman–Crippen MR) is 34.1 cm³/mol. The minimum absolute atomic E-state index is 0.287. The van der Waals surface area contributed by atoms with Crippen molar-refractivity contribution in [3.05, 3.63) is 0 Å². The zero-order chi connectivity index (χ0) is 6.73. The van der Waals surface area contributed by atoms with E-state index in [0.29, 0.717) is 0 Å². The van der Waals surface area contributed by atoms with Crippen molar-refractivity contribution < 1.29 is 5.73 Å². The number of rotatable bonds is 2. The first kappa shape index (κ1) is 7.88. The highest BCUT2D eigenvalue weighted by Gasteiger charge is 2.08. The maximum atomic E-state index is 3.89. The Morgan fingerprint density at radius 2 is 1.25 bits per heavy atom. The third-order valence-electron chi connectivity index (χ3n) is 1.19. The van der Waals surface area contributed by atoms with Gasteiger partial charge >= 0.3 is 0 Å². The summed E-state index contributed by atoms with van der Waals surface area (Å²) in [6.07, 6.45) is 0.287. The van der Waals surface area contributed by atoms with Crippen molar-refractivity contribution in [1.82, 2.24) is 9.80 Å². The quantitative estimate of drug-likeness (QED) is 0.454. The maximum absolute atomic E-state index is 3.89. The van der Waals surface area contributed by atoms with Crippen LogP contribution in [0.25, 0.3) is 0 Å². The molecule has 0 atom stereocenters. The minimum atomic E-state index is 0.287. The van der Waals surface area contributed by atoms with E-state index in [1.54, 1.807) is 0 Å². The lowest BCUT2D eigenvalue weighted by atomic mass is 10.7. The predicted octanol–water partition coefficient (Wildman–Crippen LogP) is -1.36. The van der Waals surface area contributed by atoms with Gasteiger partial charge in [0.1, 0.15) is 0 Å².